The van der Waals surface area contributed by atoms with Crippen molar-refractivity contribution in [1.82, 2.24) is 13.3 Å². The molecule has 0 aliphatic rings. The first-order valence-corrected chi connectivity index (χ1v) is 21.8. The van der Waals surface area contributed by atoms with Crippen LogP contribution in [0.4, 0.5) is 0 Å². The average molecular weight is 768 g/mol. The van der Waals surface area contributed by atoms with Gasteiger partial charge in [0.1, 0.15) is 11.0 Å². The van der Waals surface area contributed by atoms with Gasteiger partial charge >= 0.3 is 5.97 Å². The molecule has 0 aliphatic carbocycles. The van der Waals surface area contributed by atoms with E-state index in [0.717, 1.165) is 39.8 Å². The van der Waals surface area contributed by atoms with E-state index in [1.54, 1.807) is 12.1 Å². The van der Waals surface area contributed by atoms with E-state index >= 15 is 0 Å². The number of rotatable bonds is 16. The van der Waals surface area contributed by atoms with E-state index in [1.807, 2.05) is 24.3 Å². The van der Waals surface area contributed by atoms with Gasteiger partial charge in [0, 0.05) is 39.3 Å². The molecule has 1 unspecified atom stereocenters. The van der Waals surface area contributed by atoms with Crippen molar-refractivity contribution in [1.29, 1.82) is 0 Å². The molecule has 2 aromatic heterocycles. The lowest BCUT2D eigenvalue weighted by molar-refractivity contribution is 0.0697. The summed E-state index contributed by atoms with van der Waals surface area (Å²) in [6.07, 6.45) is 15.7. The summed E-state index contributed by atoms with van der Waals surface area (Å²) in [5, 5.41) is 20.0. The molecule has 0 spiro atoms. The Balaban J connectivity index is 1.17. The molecule has 1 atom stereocenters. The Kier molecular flexibility index (Phi) is 10.5. The van der Waals surface area contributed by atoms with Gasteiger partial charge in [-0.1, -0.05) is 151 Å². The molecule has 0 aliphatic heterocycles. The molecule has 1 N–H and O–H groups in total. The molecular formula is C51H49N3O2S. The Bertz CT molecular complexity index is 2910. The molecule has 5 nitrogen and oxygen atoms in total. The van der Waals surface area contributed by atoms with Gasteiger partial charge in [-0.3, -0.25) is 0 Å². The van der Waals surface area contributed by atoms with Crippen molar-refractivity contribution in [2.45, 2.75) is 97.4 Å². The third kappa shape index (κ3) is 6.87. The third-order valence-electron chi connectivity index (χ3n) is 12.3. The van der Waals surface area contributed by atoms with Crippen molar-refractivity contribution in [3.8, 4) is 23.0 Å². The van der Waals surface area contributed by atoms with E-state index in [4.69, 9.17) is 4.37 Å². The number of benzene rings is 7. The zero-order valence-electron chi connectivity index (χ0n) is 33.0. The average Bonchev–Trinajstić information content (AvgIpc) is 3.86. The zero-order valence-corrected chi connectivity index (χ0v) is 33.9. The van der Waals surface area contributed by atoms with Gasteiger partial charge in [0.05, 0.1) is 28.4 Å². The van der Waals surface area contributed by atoms with Gasteiger partial charge in [0.25, 0.3) is 0 Å². The minimum Gasteiger partial charge on any atom is -0.478 e. The maximum absolute atomic E-state index is 11.5. The molecule has 0 saturated carbocycles. The molecule has 0 saturated heterocycles. The molecular weight excluding hydrogens is 719 g/mol. The number of aromatic carboxylic acids is 1. The van der Waals surface area contributed by atoms with Crippen LogP contribution in [0.15, 0.2) is 91.0 Å². The fraction of sp³-hybridized carbons (Fsp3) is 0.314. The first-order valence-electron chi connectivity index (χ1n) is 21.1. The molecule has 0 bridgehead atoms. The summed E-state index contributed by atoms with van der Waals surface area (Å²) in [6, 6.07) is 31.6. The predicted molar refractivity (Wildman–Crippen MR) is 240 cm³/mol. The van der Waals surface area contributed by atoms with Crippen molar-refractivity contribution in [2.24, 2.45) is 5.92 Å². The molecule has 0 radical (unpaired) electrons. The van der Waals surface area contributed by atoms with Crippen molar-refractivity contribution in [3.05, 3.63) is 108 Å². The lowest BCUT2D eigenvalue weighted by Crippen LogP contribution is -2.11. The molecule has 7 aromatic carbocycles. The van der Waals surface area contributed by atoms with Crippen LogP contribution in [0.25, 0.3) is 76.3 Å². The number of aromatic nitrogens is 3. The Labute approximate surface area is 338 Å². The zero-order chi connectivity index (χ0) is 38.9. The molecule has 6 heteroatoms. The quantitative estimate of drug-likeness (QED) is 0.0460. The number of carbonyl (C=O) groups is 1. The number of fused-ring (bicyclic) bond motifs is 2. The second-order valence-electron chi connectivity index (χ2n) is 16.0. The van der Waals surface area contributed by atoms with E-state index < -0.39 is 5.97 Å². The maximum atomic E-state index is 11.5. The fourth-order valence-corrected chi connectivity index (χ4v) is 10.0. The molecule has 0 fully saturated rings. The highest BCUT2D eigenvalue weighted by Crippen LogP contribution is 2.47. The molecule has 2 heterocycles. The molecule has 9 rings (SSSR count). The number of hydrogen-bond acceptors (Lipinski definition) is 4. The van der Waals surface area contributed by atoms with Gasteiger partial charge in [-0.05, 0) is 81.6 Å². The minimum absolute atomic E-state index is 0.258. The van der Waals surface area contributed by atoms with Crippen LogP contribution in [0, 0.1) is 17.8 Å². The van der Waals surface area contributed by atoms with E-state index in [9.17, 15) is 9.90 Å². The molecule has 286 valence electrons. The maximum Gasteiger partial charge on any atom is 0.335 e. The van der Waals surface area contributed by atoms with Crippen LogP contribution in [0.3, 0.4) is 0 Å². The van der Waals surface area contributed by atoms with Crippen LogP contribution < -0.4 is 0 Å². The van der Waals surface area contributed by atoms with Gasteiger partial charge in [0.2, 0.25) is 0 Å². The van der Waals surface area contributed by atoms with Gasteiger partial charge in [-0.15, -0.1) is 0 Å². The van der Waals surface area contributed by atoms with Gasteiger partial charge in [-0.2, -0.15) is 8.75 Å². The summed E-state index contributed by atoms with van der Waals surface area (Å²) in [5.74, 6) is 6.91. The Morgan fingerprint density at radius 3 is 2.07 bits per heavy atom. The summed E-state index contributed by atoms with van der Waals surface area (Å²) in [4.78, 5) is 11.5. The molecule has 9 aromatic rings. The van der Waals surface area contributed by atoms with Crippen LogP contribution >= 0.6 is 11.7 Å². The minimum atomic E-state index is -0.940. The number of hydrogen-bond donors (Lipinski definition) is 1. The monoisotopic (exact) mass is 767 g/mol. The van der Waals surface area contributed by atoms with Crippen molar-refractivity contribution < 1.29 is 9.90 Å². The Morgan fingerprint density at radius 2 is 1.30 bits per heavy atom. The van der Waals surface area contributed by atoms with Crippen molar-refractivity contribution in [3.63, 3.8) is 0 Å². The van der Waals surface area contributed by atoms with E-state index in [0.29, 0.717) is 5.92 Å². The normalized spacial score (nSPS) is 12.5. The van der Waals surface area contributed by atoms with Gasteiger partial charge in [-0.25, -0.2) is 4.79 Å². The summed E-state index contributed by atoms with van der Waals surface area (Å²) >= 11 is 1.18. The second-order valence-corrected chi connectivity index (χ2v) is 16.6. The fourth-order valence-electron chi connectivity index (χ4n) is 9.44. The van der Waals surface area contributed by atoms with Crippen LogP contribution in [0.2, 0.25) is 0 Å². The highest BCUT2D eigenvalue weighted by atomic mass is 32.1. The summed E-state index contributed by atoms with van der Waals surface area (Å²) < 4.78 is 12.0. The largest absolute Gasteiger partial charge is 0.478 e. The number of carboxylic acid groups (broad SMARTS) is 1. The van der Waals surface area contributed by atoms with Gasteiger partial charge in [0.15, 0.2) is 0 Å². The topological polar surface area (TPSA) is 68.0 Å². The highest BCUT2D eigenvalue weighted by Gasteiger charge is 2.24. The van der Waals surface area contributed by atoms with Crippen LogP contribution in [0.5, 0.6) is 0 Å². The van der Waals surface area contributed by atoms with Crippen LogP contribution in [0.1, 0.15) is 112 Å². The van der Waals surface area contributed by atoms with E-state index in [1.165, 1.54) is 143 Å². The molecule has 0 amide bonds. The van der Waals surface area contributed by atoms with E-state index in [2.05, 4.69) is 89.2 Å². The summed E-state index contributed by atoms with van der Waals surface area (Å²) in [5.41, 5.74) is 8.12. The number of unbranched alkanes of at least 4 members (excludes halogenated alkanes) is 8. The smallest absolute Gasteiger partial charge is 0.335 e. The SMILES string of the molecule is CCCCCCCCC(CCCCCC)Cn1c2ccc3cccc4c5cccc6c(C#Cc7ccc(-c8ccc(C(=O)O)cc8)c8nsnc78)cc1c(c65)c2c34. The van der Waals surface area contributed by atoms with Gasteiger partial charge < -0.3 is 9.67 Å². The van der Waals surface area contributed by atoms with Crippen LogP contribution in [-0.4, -0.2) is 24.4 Å². The third-order valence-corrected chi connectivity index (χ3v) is 12.9. The lowest BCUT2D eigenvalue weighted by Gasteiger charge is -2.20. The van der Waals surface area contributed by atoms with Crippen molar-refractivity contribution >= 4 is 82.9 Å². The Morgan fingerprint density at radius 1 is 0.649 bits per heavy atom. The highest BCUT2D eigenvalue weighted by molar-refractivity contribution is 7.00. The lowest BCUT2D eigenvalue weighted by atomic mass is 9.88. The summed E-state index contributed by atoms with van der Waals surface area (Å²) in [7, 11) is 0. The first kappa shape index (κ1) is 37.1. The predicted octanol–water partition coefficient (Wildman–Crippen LogP) is 14.2. The first-order chi connectivity index (χ1) is 28.1. The summed E-state index contributed by atoms with van der Waals surface area (Å²) in [6.45, 7) is 5.63. The second kappa shape index (κ2) is 16.2. The van der Waals surface area contributed by atoms with Crippen LogP contribution in [-0.2, 0) is 6.54 Å². The standard InChI is InChI=1S/C51H49N3O2S/c1-3-5-7-9-10-12-16-33(15-11-8-6-4-2)32-54-43-30-28-35-17-13-19-41-42-20-14-18-39-38(31-44(54)48(46(39)42)47(43)45(35)41)26-23-36-27-29-40(50-49(36)52-57-53-50)34-21-24-37(25-22-34)51(55)56/h13-14,17-22,24-25,27-31,33H,3-12,15-16,32H2,1-2H3,(H,55,56). The van der Waals surface area contributed by atoms with Crippen molar-refractivity contribution in [2.75, 3.05) is 0 Å². The Hall–Kier alpha value is -5.51. The van der Waals surface area contributed by atoms with E-state index in [-0.39, 0.29) is 5.56 Å². The number of carboxylic acids is 1. The number of nitrogens with zero attached hydrogens (tertiary/aromatic N) is 3. The molecule has 57 heavy (non-hydrogen) atoms.